The number of nitrogens with zero attached hydrogens (tertiary/aromatic N) is 2. The minimum absolute atomic E-state index is 0.166. The van der Waals surface area contributed by atoms with E-state index in [0.717, 1.165) is 36.2 Å². The Labute approximate surface area is 121 Å². The zero-order valence-corrected chi connectivity index (χ0v) is 12.7. The second kappa shape index (κ2) is 5.88. The van der Waals surface area contributed by atoms with E-state index in [9.17, 15) is 10.1 Å². The van der Waals surface area contributed by atoms with Gasteiger partial charge in [0.05, 0.1) is 16.7 Å². The van der Waals surface area contributed by atoms with Crippen molar-refractivity contribution in [2.75, 3.05) is 24.5 Å². The van der Waals surface area contributed by atoms with Crippen molar-refractivity contribution in [3.63, 3.8) is 0 Å². The number of hydrogen-bond acceptors (Lipinski definition) is 4. The molecule has 0 amide bonds. The number of nitro benzene ring substituents is 1. The SMILES string of the molecule is CCCN(c1cc(C)c([N+](=O)[O-])cc1Br)C1CNC1. The van der Waals surface area contributed by atoms with Crippen LogP contribution < -0.4 is 10.2 Å². The third-order valence-electron chi connectivity index (χ3n) is 3.44. The highest BCUT2D eigenvalue weighted by molar-refractivity contribution is 9.10. The summed E-state index contributed by atoms with van der Waals surface area (Å²) in [5, 5.41) is 14.2. The summed E-state index contributed by atoms with van der Waals surface area (Å²) in [6.07, 6.45) is 1.05. The van der Waals surface area contributed by atoms with Gasteiger partial charge < -0.3 is 10.2 Å². The zero-order valence-electron chi connectivity index (χ0n) is 11.1. The van der Waals surface area contributed by atoms with Gasteiger partial charge in [-0.3, -0.25) is 10.1 Å². The summed E-state index contributed by atoms with van der Waals surface area (Å²) in [6, 6.07) is 4.01. The minimum Gasteiger partial charge on any atom is -0.365 e. The van der Waals surface area contributed by atoms with Crippen LogP contribution in [-0.4, -0.2) is 30.6 Å². The van der Waals surface area contributed by atoms with Crippen molar-refractivity contribution in [3.05, 3.63) is 32.3 Å². The lowest BCUT2D eigenvalue weighted by atomic mass is 10.1. The molecule has 0 radical (unpaired) electrons. The van der Waals surface area contributed by atoms with Gasteiger partial charge >= 0.3 is 0 Å². The molecule has 1 N–H and O–H groups in total. The van der Waals surface area contributed by atoms with Crippen LogP contribution in [0.2, 0.25) is 0 Å². The Hall–Kier alpha value is -1.14. The fourth-order valence-electron chi connectivity index (χ4n) is 2.31. The van der Waals surface area contributed by atoms with E-state index in [4.69, 9.17) is 0 Å². The van der Waals surface area contributed by atoms with Crippen molar-refractivity contribution in [3.8, 4) is 0 Å². The molecule has 1 saturated heterocycles. The van der Waals surface area contributed by atoms with Crippen molar-refractivity contribution in [1.29, 1.82) is 0 Å². The number of hydrogen-bond donors (Lipinski definition) is 1. The maximum Gasteiger partial charge on any atom is 0.273 e. The molecule has 19 heavy (non-hydrogen) atoms. The molecular formula is C13H18BrN3O2. The number of aryl methyl sites for hydroxylation is 1. The highest BCUT2D eigenvalue weighted by Gasteiger charge is 2.27. The molecule has 0 spiro atoms. The first-order valence-electron chi connectivity index (χ1n) is 6.46. The molecule has 104 valence electrons. The third-order valence-corrected chi connectivity index (χ3v) is 4.07. The van der Waals surface area contributed by atoms with Crippen LogP contribution in [0.3, 0.4) is 0 Å². The van der Waals surface area contributed by atoms with Gasteiger partial charge in [0.2, 0.25) is 0 Å². The highest BCUT2D eigenvalue weighted by atomic mass is 79.9. The Morgan fingerprint density at radius 2 is 2.21 bits per heavy atom. The van der Waals surface area contributed by atoms with E-state index in [-0.39, 0.29) is 10.6 Å². The van der Waals surface area contributed by atoms with Gasteiger partial charge in [-0.2, -0.15) is 0 Å². The molecule has 0 aliphatic carbocycles. The topological polar surface area (TPSA) is 58.4 Å². The molecule has 1 aromatic rings. The summed E-state index contributed by atoms with van der Waals surface area (Å²) in [5.74, 6) is 0. The van der Waals surface area contributed by atoms with E-state index >= 15 is 0 Å². The summed E-state index contributed by atoms with van der Waals surface area (Å²) in [4.78, 5) is 12.9. The number of nitro groups is 1. The second-order valence-electron chi connectivity index (χ2n) is 4.85. The van der Waals surface area contributed by atoms with Gasteiger partial charge in [0.15, 0.2) is 0 Å². The number of halogens is 1. The van der Waals surface area contributed by atoms with Crippen LogP contribution in [0.1, 0.15) is 18.9 Å². The van der Waals surface area contributed by atoms with E-state index < -0.39 is 0 Å². The minimum atomic E-state index is -0.334. The van der Waals surface area contributed by atoms with Crippen molar-refractivity contribution in [2.45, 2.75) is 26.3 Å². The molecule has 1 aliphatic heterocycles. The monoisotopic (exact) mass is 327 g/mol. The van der Waals surface area contributed by atoms with Gasteiger partial charge in [-0.05, 0) is 35.3 Å². The lowest BCUT2D eigenvalue weighted by Crippen LogP contribution is -2.57. The van der Waals surface area contributed by atoms with E-state index in [1.807, 2.05) is 6.07 Å². The summed E-state index contributed by atoms with van der Waals surface area (Å²) in [7, 11) is 0. The molecule has 6 heteroatoms. The molecule has 2 rings (SSSR count). The number of rotatable bonds is 5. The van der Waals surface area contributed by atoms with Crippen LogP contribution >= 0.6 is 15.9 Å². The molecule has 0 unspecified atom stereocenters. The number of benzene rings is 1. The third kappa shape index (κ3) is 2.90. The second-order valence-corrected chi connectivity index (χ2v) is 5.71. The Morgan fingerprint density at radius 1 is 1.53 bits per heavy atom. The number of nitrogens with one attached hydrogen (secondary N) is 1. The van der Waals surface area contributed by atoms with Crippen molar-refractivity contribution >= 4 is 27.3 Å². The fourth-order valence-corrected chi connectivity index (χ4v) is 2.87. The van der Waals surface area contributed by atoms with Crippen LogP contribution in [0, 0.1) is 17.0 Å². The number of anilines is 1. The molecule has 0 saturated carbocycles. The van der Waals surface area contributed by atoms with E-state index in [0.29, 0.717) is 11.6 Å². The molecule has 0 bridgehead atoms. The Balaban J connectivity index is 2.36. The van der Waals surface area contributed by atoms with Crippen LogP contribution in [0.4, 0.5) is 11.4 Å². The van der Waals surface area contributed by atoms with E-state index in [1.165, 1.54) is 0 Å². The average molecular weight is 328 g/mol. The standard InChI is InChI=1S/C13H18BrN3O2/c1-3-4-16(10-7-15-8-10)13-5-9(2)12(17(18)19)6-11(13)14/h5-6,10,15H,3-4,7-8H2,1-2H3. The molecule has 0 atom stereocenters. The van der Waals surface area contributed by atoms with Gasteiger partial charge in [-0.25, -0.2) is 0 Å². The predicted octanol–water partition coefficient (Wildman–Crippen LogP) is 2.85. The molecule has 1 aliphatic rings. The first kappa shape index (κ1) is 14.3. The van der Waals surface area contributed by atoms with Gasteiger partial charge in [0.1, 0.15) is 0 Å². The predicted molar refractivity (Wildman–Crippen MR) is 79.8 cm³/mol. The molecule has 1 heterocycles. The Bertz CT molecular complexity index is 489. The van der Waals surface area contributed by atoms with Gasteiger partial charge in [-0.1, -0.05) is 6.92 Å². The summed E-state index contributed by atoms with van der Waals surface area (Å²) >= 11 is 3.48. The maximum absolute atomic E-state index is 10.9. The molecule has 0 aromatic heterocycles. The van der Waals surface area contributed by atoms with Crippen molar-refractivity contribution in [2.24, 2.45) is 0 Å². The normalized spacial score (nSPS) is 15.1. The summed E-state index contributed by atoms with van der Waals surface area (Å²) in [6.45, 7) is 6.84. The first-order chi connectivity index (χ1) is 9.04. The Kier molecular flexibility index (Phi) is 4.42. The Morgan fingerprint density at radius 3 is 2.68 bits per heavy atom. The first-order valence-corrected chi connectivity index (χ1v) is 7.25. The van der Waals surface area contributed by atoms with E-state index in [1.54, 1.807) is 13.0 Å². The van der Waals surface area contributed by atoms with Crippen LogP contribution in [0.15, 0.2) is 16.6 Å². The molecule has 1 fully saturated rings. The van der Waals surface area contributed by atoms with Crippen molar-refractivity contribution in [1.82, 2.24) is 5.32 Å². The molecule has 5 nitrogen and oxygen atoms in total. The van der Waals surface area contributed by atoms with Crippen LogP contribution in [-0.2, 0) is 0 Å². The molecule has 1 aromatic carbocycles. The van der Waals surface area contributed by atoms with Crippen LogP contribution in [0.5, 0.6) is 0 Å². The maximum atomic E-state index is 10.9. The summed E-state index contributed by atoms with van der Waals surface area (Å²) in [5.41, 5.74) is 1.92. The van der Waals surface area contributed by atoms with E-state index in [2.05, 4.69) is 33.1 Å². The lowest BCUT2D eigenvalue weighted by molar-refractivity contribution is -0.385. The smallest absolute Gasteiger partial charge is 0.273 e. The quantitative estimate of drug-likeness (QED) is 0.667. The fraction of sp³-hybridized carbons (Fsp3) is 0.538. The average Bonchev–Trinajstić information content (AvgIpc) is 2.28. The van der Waals surface area contributed by atoms with Crippen molar-refractivity contribution < 1.29 is 4.92 Å². The molecular weight excluding hydrogens is 310 g/mol. The largest absolute Gasteiger partial charge is 0.365 e. The van der Waals surface area contributed by atoms with Crippen LogP contribution in [0.25, 0.3) is 0 Å². The summed E-state index contributed by atoms with van der Waals surface area (Å²) < 4.78 is 0.796. The van der Waals surface area contributed by atoms with Gasteiger partial charge in [0.25, 0.3) is 5.69 Å². The lowest BCUT2D eigenvalue weighted by Gasteiger charge is -2.40. The zero-order chi connectivity index (χ0) is 14.0. The van der Waals surface area contributed by atoms with Gasteiger partial charge in [0, 0.05) is 35.7 Å². The van der Waals surface area contributed by atoms with Gasteiger partial charge in [-0.15, -0.1) is 0 Å². The highest BCUT2D eigenvalue weighted by Crippen LogP contribution is 2.34.